The zero-order valence-electron chi connectivity index (χ0n) is 14.6. The molecule has 2 saturated heterocycles. The number of hydrogen-bond donors (Lipinski definition) is 0. The Morgan fingerprint density at radius 1 is 0.960 bits per heavy atom. The molecule has 0 bridgehead atoms. The Morgan fingerprint density at radius 2 is 1.84 bits per heavy atom. The van der Waals surface area contributed by atoms with Crippen molar-refractivity contribution in [3.05, 3.63) is 60.2 Å². The highest BCUT2D eigenvalue weighted by atomic mass is 16.5. The Morgan fingerprint density at radius 3 is 2.68 bits per heavy atom. The van der Waals surface area contributed by atoms with E-state index in [1.54, 1.807) is 0 Å². The predicted octanol–water partition coefficient (Wildman–Crippen LogP) is 2.20. The maximum absolute atomic E-state index is 6.23. The van der Waals surface area contributed by atoms with Crippen molar-refractivity contribution in [2.45, 2.75) is 25.6 Å². The number of fused-ring (bicyclic) bond motifs is 1. The first kappa shape index (κ1) is 16.6. The van der Waals surface area contributed by atoms with E-state index in [4.69, 9.17) is 4.74 Å². The molecule has 2 fully saturated rings. The summed E-state index contributed by atoms with van der Waals surface area (Å²) in [6, 6.07) is 10.4. The molecule has 2 aliphatic heterocycles. The van der Waals surface area contributed by atoms with Crippen LogP contribution in [0.2, 0.25) is 0 Å². The first-order valence-corrected chi connectivity index (χ1v) is 9.22. The van der Waals surface area contributed by atoms with Crippen molar-refractivity contribution >= 4 is 0 Å². The highest BCUT2D eigenvalue weighted by Gasteiger charge is 2.33. The van der Waals surface area contributed by atoms with Crippen molar-refractivity contribution in [3.63, 3.8) is 0 Å². The molecule has 25 heavy (non-hydrogen) atoms. The van der Waals surface area contributed by atoms with Gasteiger partial charge in [-0.25, -0.2) is 0 Å². The summed E-state index contributed by atoms with van der Waals surface area (Å²) >= 11 is 0. The van der Waals surface area contributed by atoms with Crippen LogP contribution in [0.5, 0.6) is 0 Å². The minimum Gasteiger partial charge on any atom is -0.375 e. The molecule has 2 aromatic rings. The second kappa shape index (κ2) is 8.04. The van der Waals surface area contributed by atoms with Crippen molar-refractivity contribution in [2.24, 2.45) is 5.92 Å². The van der Waals surface area contributed by atoms with Crippen LogP contribution in [0.3, 0.4) is 0 Å². The number of piperidine rings is 1. The molecule has 0 radical (unpaired) electrons. The lowest BCUT2D eigenvalue weighted by molar-refractivity contribution is -0.0244. The maximum atomic E-state index is 6.23. The van der Waals surface area contributed by atoms with Crippen LogP contribution in [0.4, 0.5) is 0 Å². The van der Waals surface area contributed by atoms with Crippen LogP contribution < -0.4 is 0 Å². The summed E-state index contributed by atoms with van der Waals surface area (Å²) < 4.78 is 6.23. The molecular weight excluding hydrogens is 312 g/mol. The third kappa shape index (κ3) is 4.42. The zero-order valence-corrected chi connectivity index (χ0v) is 14.6. The third-order valence-electron chi connectivity index (χ3n) is 5.28. The van der Waals surface area contributed by atoms with Gasteiger partial charge in [0.05, 0.1) is 18.4 Å². The van der Waals surface area contributed by atoms with Crippen molar-refractivity contribution in [1.29, 1.82) is 0 Å². The van der Waals surface area contributed by atoms with Crippen molar-refractivity contribution in [3.8, 4) is 0 Å². The van der Waals surface area contributed by atoms with Gasteiger partial charge in [-0.05, 0) is 42.8 Å². The molecule has 0 spiro atoms. The summed E-state index contributed by atoms with van der Waals surface area (Å²) in [6.07, 6.45) is 7.18. The maximum Gasteiger partial charge on any atom is 0.0743 e. The highest BCUT2D eigenvalue weighted by Crippen LogP contribution is 2.25. The quantitative estimate of drug-likeness (QED) is 0.855. The molecule has 132 valence electrons. The molecule has 0 saturated carbocycles. The molecule has 5 nitrogen and oxygen atoms in total. The standard InChI is InChI=1S/C20H26N4O/c1-2-7-22-19(3-1)15-23-10-6-18-14-24(11-12-25-20(18)16-23)13-17-4-8-21-9-5-17/h1-5,7-9,18,20H,6,10-16H2/t18-,20-/m0/s1. The average molecular weight is 338 g/mol. The van der Waals surface area contributed by atoms with E-state index >= 15 is 0 Å². The molecule has 0 aromatic carbocycles. The van der Waals surface area contributed by atoms with Crippen LogP contribution in [0.15, 0.2) is 48.9 Å². The molecule has 0 amide bonds. The minimum atomic E-state index is 0.347. The molecule has 0 N–H and O–H groups in total. The lowest BCUT2D eigenvalue weighted by atomic mass is 9.93. The number of likely N-dealkylation sites (tertiary alicyclic amines) is 1. The van der Waals surface area contributed by atoms with Crippen molar-refractivity contribution in [1.82, 2.24) is 19.8 Å². The minimum absolute atomic E-state index is 0.347. The Hall–Kier alpha value is -1.82. The SMILES string of the molecule is c1ccc(CN2CC[C@H]3CN(Cc4ccncc4)CCO[C@H]3C2)nc1. The van der Waals surface area contributed by atoms with Crippen molar-refractivity contribution in [2.75, 3.05) is 32.8 Å². The van der Waals surface area contributed by atoms with Gasteiger partial charge < -0.3 is 4.74 Å². The van der Waals surface area contributed by atoms with E-state index in [0.717, 1.165) is 51.6 Å². The molecule has 0 aliphatic carbocycles. The monoisotopic (exact) mass is 338 g/mol. The smallest absolute Gasteiger partial charge is 0.0743 e. The van der Waals surface area contributed by atoms with E-state index < -0.39 is 0 Å². The van der Waals surface area contributed by atoms with E-state index in [0.29, 0.717) is 12.0 Å². The van der Waals surface area contributed by atoms with Gasteiger partial charge in [0.1, 0.15) is 0 Å². The van der Waals surface area contributed by atoms with E-state index in [1.807, 2.05) is 24.7 Å². The molecule has 4 rings (SSSR count). The Kier molecular flexibility index (Phi) is 5.35. The lowest BCUT2D eigenvalue weighted by Gasteiger charge is -2.37. The van der Waals surface area contributed by atoms with Gasteiger partial charge >= 0.3 is 0 Å². The van der Waals surface area contributed by atoms with Gasteiger partial charge in [-0.3, -0.25) is 19.8 Å². The summed E-state index contributed by atoms with van der Waals surface area (Å²) in [6.45, 7) is 7.03. The molecule has 2 aromatic heterocycles. The number of ether oxygens (including phenoxy) is 1. The van der Waals surface area contributed by atoms with Gasteiger partial charge in [0.25, 0.3) is 0 Å². The second-order valence-electron chi connectivity index (χ2n) is 7.10. The fourth-order valence-electron chi connectivity index (χ4n) is 3.94. The van der Waals surface area contributed by atoms with Crippen LogP contribution >= 0.6 is 0 Å². The molecule has 2 aliphatic rings. The first-order valence-electron chi connectivity index (χ1n) is 9.22. The number of rotatable bonds is 4. The Bertz CT molecular complexity index is 651. The Balaban J connectivity index is 1.34. The molecule has 0 unspecified atom stereocenters. The van der Waals surface area contributed by atoms with Crippen LogP contribution in [-0.2, 0) is 17.8 Å². The summed E-state index contributed by atoms with van der Waals surface area (Å²) in [5, 5.41) is 0. The van der Waals surface area contributed by atoms with Gasteiger partial charge in [0.15, 0.2) is 0 Å². The van der Waals surface area contributed by atoms with Gasteiger partial charge in [-0.15, -0.1) is 0 Å². The Labute approximate surface area is 149 Å². The van der Waals surface area contributed by atoms with Crippen molar-refractivity contribution < 1.29 is 4.74 Å². The number of pyridine rings is 2. The molecule has 2 atom stereocenters. The summed E-state index contributed by atoms with van der Waals surface area (Å²) in [5.41, 5.74) is 2.48. The average Bonchev–Trinajstić information content (AvgIpc) is 2.85. The lowest BCUT2D eigenvalue weighted by Crippen LogP contribution is -2.46. The van der Waals surface area contributed by atoms with Crippen LogP contribution in [-0.4, -0.2) is 58.7 Å². The van der Waals surface area contributed by atoms with Crippen LogP contribution in [0.1, 0.15) is 17.7 Å². The number of nitrogens with zero attached hydrogens (tertiary/aromatic N) is 4. The van der Waals surface area contributed by atoms with Gasteiger partial charge in [0.2, 0.25) is 0 Å². The van der Waals surface area contributed by atoms with Gasteiger partial charge in [-0.1, -0.05) is 6.07 Å². The zero-order chi connectivity index (χ0) is 16.9. The fourth-order valence-corrected chi connectivity index (χ4v) is 3.94. The fraction of sp³-hybridized carbons (Fsp3) is 0.500. The summed E-state index contributed by atoms with van der Waals surface area (Å²) in [7, 11) is 0. The van der Waals surface area contributed by atoms with E-state index in [-0.39, 0.29) is 0 Å². The predicted molar refractivity (Wildman–Crippen MR) is 96.9 cm³/mol. The van der Waals surface area contributed by atoms with Crippen LogP contribution in [0, 0.1) is 5.92 Å². The number of aromatic nitrogens is 2. The molecule has 5 heteroatoms. The summed E-state index contributed by atoms with van der Waals surface area (Å²) in [5.74, 6) is 0.629. The second-order valence-corrected chi connectivity index (χ2v) is 7.10. The largest absolute Gasteiger partial charge is 0.375 e. The highest BCUT2D eigenvalue weighted by molar-refractivity contribution is 5.09. The third-order valence-corrected chi connectivity index (χ3v) is 5.28. The van der Waals surface area contributed by atoms with Crippen LogP contribution in [0.25, 0.3) is 0 Å². The summed E-state index contributed by atoms with van der Waals surface area (Å²) in [4.78, 5) is 13.6. The normalized spacial score (nSPS) is 25.3. The van der Waals surface area contributed by atoms with E-state index in [1.165, 1.54) is 12.0 Å². The van der Waals surface area contributed by atoms with E-state index in [2.05, 4.69) is 44.0 Å². The molecular formula is C20H26N4O. The number of hydrogen-bond acceptors (Lipinski definition) is 5. The van der Waals surface area contributed by atoms with Gasteiger partial charge in [0, 0.05) is 57.2 Å². The van der Waals surface area contributed by atoms with Gasteiger partial charge in [-0.2, -0.15) is 0 Å². The van der Waals surface area contributed by atoms with E-state index in [9.17, 15) is 0 Å². The first-order chi connectivity index (χ1) is 12.4. The molecule has 4 heterocycles. The topological polar surface area (TPSA) is 41.5 Å².